The molecule has 89 valence electrons. The third kappa shape index (κ3) is 5.55. The van der Waals surface area contributed by atoms with Crippen LogP contribution in [-0.4, -0.2) is 11.0 Å². The van der Waals surface area contributed by atoms with Gasteiger partial charge in [0, 0.05) is 9.79 Å². The number of rotatable bonds is 2. The van der Waals surface area contributed by atoms with E-state index in [0.29, 0.717) is 0 Å². The van der Waals surface area contributed by atoms with Crippen molar-refractivity contribution in [3.8, 4) is 0 Å². The molecule has 0 unspecified atom stereocenters. The van der Waals surface area contributed by atoms with Crippen LogP contribution in [-0.2, 0) is 0 Å². The minimum Gasteiger partial charge on any atom is -0.160 e. The van der Waals surface area contributed by atoms with Gasteiger partial charge in [0.2, 0.25) is 0 Å². The van der Waals surface area contributed by atoms with Crippen molar-refractivity contribution in [3.63, 3.8) is 0 Å². The van der Waals surface area contributed by atoms with Crippen molar-refractivity contribution in [2.75, 3.05) is 0 Å². The van der Waals surface area contributed by atoms with Gasteiger partial charge in [-0.1, -0.05) is 0 Å². The lowest BCUT2D eigenvalue weighted by Gasteiger charge is -2.08. The lowest BCUT2D eigenvalue weighted by atomic mass is 10.4. The highest BCUT2D eigenvalue weighted by Crippen LogP contribution is 2.41. The molecule has 1 aromatic rings. The Labute approximate surface area is 95.4 Å². The molecular weight excluding hydrogens is 274 g/mol. The summed E-state index contributed by atoms with van der Waals surface area (Å²) >= 11 is -0.942. The van der Waals surface area contributed by atoms with Crippen LogP contribution >= 0.6 is 23.5 Å². The highest BCUT2D eigenvalue weighted by Gasteiger charge is 2.31. The molecule has 0 aliphatic heterocycles. The lowest BCUT2D eigenvalue weighted by Crippen LogP contribution is -2.00. The molecule has 1 aromatic carbocycles. The maximum atomic E-state index is 11.9. The predicted molar refractivity (Wildman–Crippen MR) is 49.1 cm³/mol. The van der Waals surface area contributed by atoms with Gasteiger partial charge in [0.15, 0.2) is 0 Å². The minimum absolute atomic E-state index is 0.318. The molecule has 1 radical (unpaired) electrons. The summed E-state index contributed by atoms with van der Waals surface area (Å²) in [6.45, 7) is 0. The molecule has 0 aromatic heterocycles. The molecule has 0 saturated heterocycles. The Hall–Kier alpha value is -0.500. The van der Waals surface area contributed by atoms with E-state index in [1.54, 1.807) is 0 Å². The van der Waals surface area contributed by atoms with Gasteiger partial charge >= 0.3 is 11.0 Å². The van der Waals surface area contributed by atoms with Gasteiger partial charge in [0.05, 0.1) is 0 Å². The highest BCUT2D eigenvalue weighted by atomic mass is 32.2. The lowest BCUT2D eigenvalue weighted by molar-refractivity contribution is -0.0334. The number of alkyl halides is 6. The van der Waals surface area contributed by atoms with E-state index in [2.05, 4.69) is 6.07 Å². The van der Waals surface area contributed by atoms with Crippen molar-refractivity contribution >= 4 is 23.5 Å². The molecule has 0 nitrogen and oxygen atoms in total. The number of hydrogen-bond acceptors (Lipinski definition) is 2. The van der Waals surface area contributed by atoms with Crippen molar-refractivity contribution in [3.05, 3.63) is 24.3 Å². The van der Waals surface area contributed by atoms with E-state index in [1.165, 1.54) is 0 Å². The smallest absolute Gasteiger partial charge is 0.160 e. The number of hydrogen-bond donors (Lipinski definition) is 0. The summed E-state index contributed by atoms with van der Waals surface area (Å²) in [5, 5.41) is 0. The standard InChI is InChI=1S/C8H3F6S2/c9-7(10,11)15-5-2-1-3-6(4-5)16-8(12,13)14/h2-4H. The van der Waals surface area contributed by atoms with Crippen LogP contribution in [0.15, 0.2) is 28.0 Å². The van der Waals surface area contributed by atoms with Crippen molar-refractivity contribution < 1.29 is 26.3 Å². The topological polar surface area (TPSA) is 0 Å². The average Bonchev–Trinajstić information content (AvgIpc) is 1.96. The molecule has 0 spiro atoms. The molecule has 0 amide bonds. The van der Waals surface area contributed by atoms with Crippen LogP contribution in [0.25, 0.3) is 0 Å². The Kier molecular flexibility index (Phi) is 4.06. The van der Waals surface area contributed by atoms with E-state index >= 15 is 0 Å². The van der Waals surface area contributed by atoms with E-state index in [9.17, 15) is 26.3 Å². The summed E-state index contributed by atoms with van der Waals surface area (Å²) < 4.78 is 71.6. The Morgan fingerprint density at radius 3 is 1.50 bits per heavy atom. The van der Waals surface area contributed by atoms with Crippen molar-refractivity contribution in [1.82, 2.24) is 0 Å². The first-order chi connectivity index (χ1) is 7.16. The van der Waals surface area contributed by atoms with E-state index in [-0.39, 0.29) is 9.79 Å². The summed E-state index contributed by atoms with van der Waals surface area (Å²) in [4.78, 5) is -0.636. The Morgan fingerprint density at radius 1 is 0.812 bits per heavy atom. The van der Waals surface area contributed by atoms with E-state index in [4.69, 9.17) is 0 Å². The third-order valence-corrected chi connectivity index (χ3v) is 2.61. The second kappa shape index (κ2) is 4.79. The maximum Gasteiger partial charge on any atom is 0.446 e. The first kappa shape index (κ1) is 13.6. The predicted octanol–water partition coefficient (Wildman–Crippen LogP) is 4.71. The van der Waals surface area contributed by atoms with Crippen LogP contribution in [0.3, 0.4) is 0 Å². The van der Waals surface area contributed by atoms with Crippen molar-refractivity contribution in [2.45, 2.75) is 20.8 Å². The number of thioether (sulfide) groups is 2. The van der Waals surface area contributed by atoms with Gasteiger partial charge < -0.3 is 0 Å². The quantitative estimate of drug-likeness (QED) is 0.567. The molecule has 0 fully saturated rings. The number of halogens is 6. The first-order valence-corrected chi connectivity index (χ1v) is 5.32. The zero-order valence-corrected chi connectivity index (χ0v) is 8.95. The minimum atomic E-state index is -4.52. The molecule has 0 aliphatic rings. The summed E-state index contributed by atoms with van der Waals surface area (Å²) in [6, 6.07) is 5.03. The van der Waals surface area contributed by atoms with Crippen LogP contribution < -0.4 is 0 Å². The zero-order valence-electron chi connectivity index (χ0n) is 7.32. The SMILES string of the molecule is FC(F)(F)Sc1c[c]cc(SC(F)(F)F)c1. The van der Waals surface area contributed by atoms with Crippen molar-refractivity contribution in [2.24, 2.45) is 0 Å². The molecule has 8 heteroatoms. The third-order valence-electron chi connectivity index (χ3n) is 1.20. The maximum absolute atomic E-state index is 11.9. The fourth-order valence-corrected chi connectivity index (χ4v) is 2.05. The van der Waals surface area contributed by atoms with Gasteiger partial charge in [-0.05, 0) is 47.8 Å². The van der Waals surface area contributed by atoms with Crippen LogP contribution in [0.4, 0.5) is 26.3 Å². The number of benzene rings is 1. The van der Waals surface area contributed by atoms with Crippen LogP contribution in [0.5, 0.6) is 0 Å². The largest absolute Gasteiger partial charge is 0.446 e. The highest BCUT2D eigenvalue weighted by molar-refractivity contribution is 8.01. The molecule has 1 rings (SSSR count). The zero-order chi connectivity index (χ0) is 12.4. The van der Waals surface area contributed by atoms with Gasteiger partial charge in [-0.15, -0.1) is 0 Å². The molecule has 0 N–H and O–H groups in total. The Balaban J connectivity index is 2.79. The normalized spacial score (nSPS) is 12.9. The summed E-state index contributed by atoms with van der Waals surface area (Å²) in [5.41, 5.74) is -9.04. The van der Waals surface area contributed by atoms with Crippen LogP contribution in [0, 0.1) is 6.07 Å². The van der Waals surface area contributed by atoms with Gasteiger partial charge in [-0.2, -0.15) is 26.3 Å². The molecule has 0 atom stereocenters. The van der Waals surface area contributed by atoms with E-state index in [1.807, 2.05) is 0 Å². The summed E-state index contributed by atoms with van der Waals surface area (Å²) in [5.74, 6) is 0. The molecule has 0 aliphatic carbocycles. The molecule has 0 heterocycles. The Morgan fingerprint density at radius 2 is 1.19 bits per heavy atom. The van der Waals surface area contributed by atoms with Gasteiger partial charge in [0.25, 0.3) is 0 Å². The van der Waals surface area contributed by atoms with Gasteiger partial charge in [-0.25, -0.2) is 0 Å². The van der Waals surface area contributed by atoms with Crippen LogP contribution in [0.1, 0.15) is 0 Å². The summed E-state index contributed by atoms with van der Waals surface area (Å²) in [7, 11) is 0. The first-order valence-electron chi connectivity index (χ1n) is 3.68. The second-order valence-electron chi connectivity index (χ2n) is 2.50. The van der Waals surface area contributed by atoms with Gasteiger partial charge in [0.1, 0.15) is 0 Å². The Bertz CT molecular complexity index is 325. The molecular formula is C8H3F6S2. The fourth-order valence-electron chi connectivity index (χ4n) is 0.815. The van der Waals surface area contributed by atoms with Crippen molar-refractivity contribution in [1.29, 1.82) is 0 Å². The summed E-state index contributed by atoms with van der Waals surface area (Å²) in [6.07, 6.45) is 0. The molecule has 16 heavy (non-hydrogen) atoms. The monoisotopic (exact) mass is 277 g/mol. The molecule has 0 bridgehead atoms. The average molecular weight is 277 g/mol. The molecule has 0 saturated carbocycles. The van der Waals surface area contributed by atoms with E-state index < -0.39 is 34.5 Å². The fraction of sp³-hybridized carbons (Fsp3) is 0.250. The second-order valence-corrected chi connectivity index (χ2v) is 4.78. The van der Waals surface area contributed by atoms with E-state index in [0.717, 1.165) is 18.2 Å². The van der Waals surface area contributed by atoms with Crippen LogP contribution in [0.2, 0.25) is 0 Å². The van der Waals surface area contributed by atoms with Gasteiger partial charge in [-0.3, -0.25) is 0 Å².